The third-order valence-electron chi connectivity index (χ3n) is 4.38. The Morgan fingerprint density at radius 1 is 1.08 bits per heavy atom. The molecule has 1 aromatic carbocycles. The second kappa shape index (κ2) is 8.47. The summed E-state index contributed by atoms with van der Waals surface area (Å²) in [5.74, 6) is -0.668. The Kier molecular flexibility index (Phi) is 5.84. The monoisotopic (exact) mass is 353 g/mol. The Hall–Kier alpha value is -2.89. The summed E-state index contributed by atoms with van der Waals surface area (Å²) in [5, 5.41) is 6.22. The van der Waals surface area contributed by atoms with Crippen LogP contribution in [-0.2, 0) is 4.74 Å². The fraction of sp³-hybridized carbons (Fsp3) is 0.350. The normalized spacial score (nSPS) is 14.0. The number of amides is 1. The topological polar surface area (TPSA) is 80.3 Å². The highest BCUT2D eigenvalue weighted by Crippen LogP contribution is 2.22. The fourth-order valence-corrected chi connectivity index (χ4v) is 3.02. The molecule has 1 heterocycles. The number of ether oxygens (including phenoxy) is 1. The van der Waals surface area contributed by atoms with E-state index in [0.717, 1.165) is 5.69 Å². The third kappa shape index (κ3) is 4.59. The molecule has 136 valence electrons. The van der Waals surface area contributed by atoms with Gasteiger partial charge in [-0.15, -0.1) is 0 Å². The van der Waals surface area contributed by atoms with Crippen LogP contribution in [0.1, 0.15) is 53.5 Å². The number of carbonyl (C=O) groups is 2. The minimum Gasteiger partial charge on any atom is -0.462 e. The van der Waals surface area contributed by atoms with Crippen LogP contribution in [0.2, 0.25) is 0 Å². The molecule has 1 aliphatic rings. The fourth-order valence-electron chi connectivity index (χ4n) is 3.02. The summed E-state index contributed by atoms with van der Waals surface area (Å²) < 4.78 is 4.93. The molecule has 1 saturated carbocycles. The van der Waals surface area contributed by atoms with Gasteiger partial charge in [0.2, 0.25) is 0 Å². The summed E-state index contributed by atoms with van der Waals surface area (Å²) in [4.78, 5) is 28.2. The Labute approximate surface area is 153 Å². The van der Waals surface area contributed by atoms with Gasteiger partial charge in [0.05, 0.1) is 24.1 Å². The minimum absolute atomic E-state index is 0.290. The minimum atomic E-state index is -0.377. The van der Waals surface area contributed by atoms with Crippen molar-refractivity contribution in [3.63, 3.8) is 0 Å². The van der Waals surface area contributed by atoms with Crippen LogP contribution in [0.4, 0.5) is 11.4 Å². The van der Waals surface area contributed by atoms with Crippen molar-refractivity contribution in [2.45, 2.75) is 38.6 Å². The van der Waals surface area contributed by atoms with Crippen molar-refractivity contribution >= 4 is 23.3 Å². The first-order valence-electron chi connectivity index (χ1n) is 8.97. The van der Waals surface area contributed by atoms with Gasteiger partial charge >= 0.3 is 5.97 Å². The first kappa shape index (κ1) is 17.9. The van der Waals surface area contributed by atoms with E-state index in [1.165, 1.54) is 25.7 Å². The number of esters is 1. The number of pyridine rings is 1. The van der Waals surface area contributed by atoms with Crippen molar-refractivity contribution in [2.24, 2.45) is 0 Å². The van der Waals surface area contributed by atoms with Gasteiger partial charge in [0.25, 0.3) is 5.91 Å². The lowest BCUT2D eigenvalue weighted by atomic mass is 10.2. The largest absolute Gasteiger partial charge is 0.462 e. The maximum atomic E-state index is 12.3. The lowest BCUT2D eigenvalue weighted by molar-refractivity contribution is 0.0526. The molecular formula is C20H23N3O3. The zero-order valence-corrected chi connectivity index (χ0v) is 14.8. The molecule has 2 aromatic rings. The van der Waals surface area contributed by atoms with Crippen molar-refractivity contribution in [2.75, 3.05) is 17.2 Å². The lowest BCUT2D eigenvalue weighted by Crippen LogP contribution is -2.16. The number of aromatic nitrogens is 1. The molecule has 0 atom stereocenters. The first-order valence-corrected chi connectivity index (χ1v) is 8.97. The predicted molar refractivity (Wildman–Crippen MR) is 100 cm³/mol. The van der Waals surface area contributed by atoms with Gasteiger partial charge in [0.15, 0.2) is 0 Å². The van der Waals surface area contributed by atoms with Gasteiger partial charge in [-0.3, -0.25) is 4.79 Å². The molecule has 1 fully saturated rings. The van der Waals surface area contributed by atoms with E-state index in [9.17, 15) is 9.59 Å². The van der Waals surface area contributed by atoms with Crippen LogP contribution in [0.15, 0.2) is 42.6 Å². The zero-order chi connectivity index (χ0) is 18.4. The molecule has 6 heteroatoms. The van der Waals surface area contributed by atoms with Crippen LogP contribution in [0.25, 0.3) is 0 Å². The van der Waals surface area contributed by atoms with Gasteiger partial charge in [-0.1, -0.05) is 12.8 Å². The van der Waals surface area contributed by atoms with Gasteiger partial charge in [-0.05, 0) is 56.2 Å². The molecule has 0 saturated heterocycles. The van der Waals surface area contributed by atoms with E-state index in [1.54, 1.807) is 43.5 Å². The van der Waals surface area contributed by atoms with Crippen LogP contribution < -0.4 is 10.6 Å². The van der Waals surface area contributed by atoms with Crippen molar-refractivity contribution in [1.29, 1.82) is 0 Å². The van der Waals surface area contributed by atoms with Gasteiger partial charge < -0.3 is 15.4 Å². The smallest absolute Gasteiger partial charge is 0.338 e. The molecule has 3 rings (SSSR count). The Bertz CT molecular complexity index is 751. The number of nitrogens with one attached hydrogen (secondary N) is 2. The van der Waals surface area contributed by atoms with Crippen molar-refractivity contribution in [3.05, 3.63) is 53.9 Å². The number of rotatable bonds is 6. The SMILES string of the molecule is CCOC(=O)c1ccc(NC(=O)c2ccc(NC3CCCC3)cn2)cc1. The molecule has 0 spiro atoms. The van der Waals surface area contributed by atoms with E-state index in [0.29, 0.717) is 29.6 Å². The van der Waals surface area contributed by atoms with Crippen molar-refractivity contribution in [1.82, 2.24) is 4.98 Å². The molecule has 0 bridgehead atoms. The summed E-state index contributed by atoms with van der Waals surface area (Å²) in [5.41, 5.74) is 2.33. The average Bonchev–Trinajstić information content (AvgIpc) is 3.16. The number of carbonyl (C=O) groups excluding carboxylic acids is 2. The van der Waals surface area contributed by atoms with Crippen molar-refractivity contribution in [3.8, 4) is 0 Å². The molecular weight excluding hydrogens is 330 g/mol. The molecule has 26 heavy (non-hydrogen) atoms. The maximum Gasteiger partial charge on any atom is 0.338 e. The van der Waals surface area contributed by atoms with Crippen LogP contribution >= 0.6 is 0 Å². The first-order chi connectivity index (χ1) is 12.7. The molecule has 0 radical (unpaired) electrons. The van der Waals surface area contributed by atoms with E-state index < -0.39 is 0 Å². The average molecular weight is 353 g/mol. The second-order valence-corrected chi connectivity index (χ2v) is 6.31. The second-order valence-electron chi connectivity index (χ2n) is 6.31. The number of hydrogen-bond acceptors (Lipinski definition) is 5. The summed E-state index contributed by atoms with van der Waals surface area (Å²) >= 11 is 0. The van der Waals surface area contributed by atoms with E-state index in [4.69, 9.17) is 4.74 Å². The van der Waals surface area contributed by atoms with E-state index in [2.05, 4.69) is 15.6 Å². The van der Waals surface area contributed by atoms with Crippen LogP contribution in [0, 0.1) is 0 Å². The molecule has 1 aliphatic carbocycles. The summed E-state index contributed by atoms with van der Waals surface area (Å²) in [6.45, 7) is 2.09. The molecule has 1 amide bonds. The Morgan fingerprint density at radius 2 is 1.77 bits per heavy atom. The summed E-state index contributed by atoms with van der Waals surface area (Å²) in [7, 11) is 0. The quantitative estimate of drug-likeness (QED) is 0.771. The molecule has 1 aromatic heterocycles. The number of anilines is 2. The number of benzene rings is 1. The summed E-state index contributed by atoms with van der Waals surface area (Å²) in [6.07, 6.45) is 6.59. The van der Waals surface area contributed by atoms with Gasteiger partial charge in [-0.25, -0.2) is 9.78 Å². The van der Waals surface area contributed by atoms with Crippen LogP contribution in [0.3, 0.4) is 0 Å². The highest BCUT2D eigenvalue weighted by atomic mass is 16.5. The lowest BCUT2D eigenvalue weighted by Gasteiger charge is -2.13. The van der Waals surface area contributed by atoms with E-state index in [-0.39, 0.29) is 11.9 Å². The van der Waals surface area contributed by atoms with Crippen LogP contribution in [0.5, 0.6) is 0 Å². The van der Waals surface area contributed by atoms with Gasteiger partial charge in [-0.2, -0.15) is 0 Å². The van der Waals surface area contributed by atoms with E-state index in [1.807, 2.05) is 6.07 Å². The van der Waals surface area contributed by atoms with Crippen molar-refractivity contribution < 1.29 is 14.3 Å². The summed E-state index contributed by atoms with van der Waals surface area (Å²) in [6, 6.07) is 10.7. The maximum absolute atomic E-state index is 12.3. The van der Waals surface area contributed by atoms with Gasteiger partial charge in [0, 0.05) is 11.7 Å². The third-order valence-corrected chi connectivity index (χ3v) is 4.38. The highest BCUT2D eigenvalue weighted by molar-refractivity contribution is 6.03. The van der Waals surface area contributed by atoms with Gasteiger partial charge in [0.1, 0.15) is 5.69 Å². The Balaban J connectivity index is 1.58. The number of hydrogen-bond donors (Lipinski definition) is 2. The molecule has 2 N–H and O–H groups in total. The van der Waals surface area contributed by atoms with E-state index >= 15 is 0 Å². The standard InChI is InChI=1S/C20H23N3O3/c1-2-26-20(25)14-7-9-16(10-8-14)23-19(24)18-12-11-17(13-21-18)22-15-5-3-4-6-15/h7-13,15,22H,2-6H2,1H3,(H,23,24). The van der Waals surface area contributed by atoms with Crippen LogP contribution in [-0.4, -0.2) is 29.5 Å². The molecule has 0 aliphatic heterocycles. The Morgan fingerprint density at radius 3 is 2.38 bits per heavy atom. The predicted octanol–water partition coefficient (Wildman–Crippen LogP) is 3.87. The molecule has 0 unspecified atom stereocenters. The number of nitrogens with zero attached hydrogens (tertiary/aromatic N) is 1. The zero-order valence-electron chi connectivity index (χ0n) is 14.8. The highest BCUT2D eigenvalue weighted by Gasteiger charge is 2.15. The molecule has 6 nitrogen and oxygen atoms in total.